The van der Waals surface area contributed by atoms with Gasteiger partial charge < -0.3 is 19.3 Å². The lowest BCUT2D eigenvalue weighted by Crippen LogP contribution is -2.33. The van der Waals surface area contributed by atoms with Crippen molar-refractivity contribution < 1.29 is 33.7 Å². The van der Waals surface area contributed by atoms with E-state index in [0.717, 1.165) is 0 Å². The number of hydrogen-bond acceptors (Lipinski definition) is 7. The third-order valence-electron chi connectivity index (χ3n) is 2.94. The predicted molar refractivity (Wildman–Crippen MR) is 84.7 cm³/mol. The van der Waals surface area contributed by atoms with Crippen LogP contribution in [0.1, 0.15) is 47.1 Å². The standard InChI is InChI=1S/C17H22O7/c1-17(2,3)24-16(21)13(18)8-10-6-11(14(19)22-4)9-12(7-10)15(20)23-5/h6-7,9,13,18H,8H2,1-5H3. The molecule has 0 aliphatic carbocycles. The van der Waals surface area contributed by atoms with Crippen LogP contribution in [-0.2, 0) is 25.4 Å². The minimum atomic E-state index is -1.43. The van der Waals surface area contributed by atoms with Gasteiger partial charge in [-0.3, -0.25) is 0 Å². The monoisotopic (exact) mass is 338 g/mol. The van der Waals surface area contributed by atoms with Crippen LogP contribution in [0.4, 0.5) is 0 Å². The maximum Gasteiger partial charge on any atom is 0.337 e. The van der Waals surface area contributed by atoms with Crippen molar-refractivity contribution in [1.82, 2.24) is 0 Å². The molecule has 1 atom stereocenters. The number of carbonyl (C=O) groups excluding carboxylic acids is 3. The molecule has 0 bridgehead atoms. The minimum Gasteiger partial charge on any atom is -0.465 e. The molecule has 7 nitrogen and oxygen atoms in total. The van der Waals surface area contributed by atoms with Crippen LogP contribution >= 0.6 is 0 Å². The van der Waals surface area contributed by atoms with Gasteiger partial charge >= 0.3 is 17.9 Å². The van der Waals surface area contributed by atoms with Crippen molar-refractivity contribution >= 4 is 17.9 Å². The van der Waals surface area contributed by atoms with Gasteiger partial charge in [0.25, 0.3) is 0 Å². The molecule has 0 saturated carbocycles. The van der Waals surface area contributed by atoms with Crippen LogP contribution in [0.5, 0.6) is 0 Å². The summed E-state index contributed by atoms with van der Waals surface area (Å²) in [5, 5.41) is 10.0. The lowest BCUT2D eigenvalue weighted by Gasteiger charge is -2.21. The Hall–Kier alpha value is -2.41. The van der Waals surface area contributed by atoms with Crippen molar-refractivity contribution in [2.24, 2.45) is 0 Å². The zero-order valence-corrected chi connectivity index (χ0v) is 14.4. The molecular weight excluding hydrogens is 316 g/mol. The number of benzene rings is 1. The van der Waals surface area contributed by atoms with Gasteiger partial charge in [0.15, 0.2) is 6.10 Å². The highest BCUT2D eigenvalue weighted by Crippen LogP contribution is 2.16. The quantitative estimate of drug-likeness (QED) is 0.641. The molecule has 1 unspecified atom stereocenters. The maximum absolute atomic E-state index is 11.9. The molecule has 0 aromatic heterocycles. The first kappa shape index (κ1) is 19.6. The summed E-state index contributed by atoms with van der Waals surface area (Å²) in [5.74, 6) is -2.08. The lowest BCUT2D eigenvalue weighted by molar-refractivity contribution is -0.164. The molecule has 0 aliphatic rings. The average molecular weight is 338 g/mol. The summed E-state index contributed by atoms with van der Waals surface area (Å²) >= 11 is 0. The van der Waals surface area contributed by atoms with E-state index in [1.165, 1.54) is 32.4 Å². The van der Waals surface area contributed by atoms with Crippen molar-refractivity contribution in [2.45, 2.75) is 38.9 Å². The summed E-state index contributed by atoms with van der Waals surface area (Å²) in [4.78, 5) is 35.3. The molecule has 0 radical (unpaired) electrons. The normalized spacial score (nSPS) is 12.2. The highest BCUT2D eigenvalue weighted by molar-refractivity contribution is 5.95. The highest BCUT2D eigenvalue weighted by Gasteiger charge is 2.24. The lowest BCUT2D eigenvalue weighted by atomic mass is 10.0. The Morgan fingerprint density at radius 1 is 1.00 bits per heavy atom. The molecular formula is C17H22O7. The van der Waals surface area contributed by atoms with E-state index in [1.54, 1.807) is 20.8 Å². The minimum absolute atomic E-state index is 0.117. The Bertz CT molecular complexity index is 594. The van der Waals surface area contributed by atoms with Crippen molar-refractivity contribution in [3.63, 3.8) is 0 Å². The number of aliphatic hydroxyl groups is 1. The van der Waals surface area contributed by atoms with Gasteiger partial charge in [-0.05, 0) is 44.5 Å². The zero-order valence-electron chi connectivity index (χ0n) is 14.4. The largest absolute Gasteiger partial charge is 0.465 e. The third kappa shape index (κ3) is 5.66. The summed E-state index contributed by atoms with van der Waals surface area (Å²) in [6.07, 6.45) is -1.55. The predicted octanol–water partition coefficient (Wildman–Crippen LogP) is 1.50. The van der Waals surface area contributed by atoms with E-state index >= 15 is 0 Å². The summed E-state index contributed by atoms with van der Waals surface area (Å²) in [6, 6.07) is 4.19. The molecule has 132 valence electrons. The fourth-order valence-corrected chi connectivity index (χ4v) is 1.96. The summed E-state index contributed by atoms with van der Waals surface area (Å²) in [6.45, 7) is 5.06. The van der Waals surface area contributed by atoms with Crippen molar-refractivity contribution in [3.8, 4) is 0 Å². The number of hydrogen-bond donors (Lipinski definition) is 1. The highest BCUT2D eigenvalue weighted by atomic mass is 16.6. The van der Waals surface area contributed by atoms with Crippen LogP contribution in [0, 0.1) is 0 Å². The fraction of sp³-hybridized carbons (Fsp3) is 0.471. The van der Waals surface area contributed by atoms with E-state index in [9.17, 15) is 19.5 Å². The molecule has 1 N–H and O–H groups in total. The van der Waals surface area contributed by atoms with E-state index < -0.39 is 29.6 Å². The second-order valence-corrected chi connectivity index (χ2v) is 6.16. The smallest absolute Gasteiger partial charge is 0.337 e. The Morgan fingerprint density at radius 2 is 1.46 bits per heavy atom. The fourth-order valence-electron chi connectivity index (χ4n) is 1.96. The van der Waals surface area contributed by atoms with Gasteiger partial charge in [0.05, 0.1) is 25.3 Å². The number of rotatable bonds is 5. The van der Waals surface area contributed by atoms with E-state index in [4.69, 9.17) is 4.74 Å². The Labute approximate surface area is 140 Å². The van der Waals surface area contributed by atoms with Crippen molar-refractivity contribution in [2.75, 3.05) is 14.2 Å². The van der Waals surface area contributed by atoms with Crippen molar-refractivity contribution in [1.29, 1.82) is 0 Å². The maximum atomic E-state index is 11.9. The molecule has 0 aliphatic heterocycles. The van der Waals surface area contributed by atoms with E-state index in [1.807, 2.05) is 0 Å². The first-order valence-electron chi connectivity index (χ1n) is 7.29. The van der Waals surface area contributed by atoms with Gasteiger partial charge in [0.1, 0.15) is 5.60 Å². The van der Waals surface area contributed by atoms with Crippen LogP contribution < -0.4 is 0 Å². The van der Waals surface area contributed by atoms with Gasteiger partial charge in [-0.15, -0.1) is 0 Å². The van der Waals surface area contributed by atoms with Crippen LogP contribution in [0.15, 0.2) is 18.2 Å². The second-order valence-electron chi connectivity index (χ2n) is 6.16. The Kier molecular flexibility index (Phi) is 6.48. The van der Waals surface area contributed by atoms with E-state index in [-0.39, 0.29) is 17.5 Å². The molecule has 0 spiro atoms. The molecule has 1 aromatic rings. The summed E-state index contributed by atoms with van der Waals surface area (Å²) in [7, 11) is 2.42. The first-order valence-corrected chi connectivity index (χ1v) is 7.29. The zero-order chi connectivity index (χ0) is 18.5. The molecule has 7 heteroatoms. The van der Waals surface area contributed by atoms with Crippen LogP contribution in [0.3, 0.4) is 0 Å². The number of aliphatic hydroxyl groups excluding tert-OH is 1. The average Bonchev–Trinajstić information content (AvgIpc) is 2.51. The molecule has 1 aromatic carbocycles. The second kappa shape index (κ2) is 7.92. The number of ether oxygens (including phenoxy) is 3. The van der Waals surface area contributed by atoms with Gasteiger partial charge in [-0.2, -0.15) is 0 Å². The van der Waals surface area contributed by atoms with Crippen molar-refractivity contribution in [3.05, 3.63) is 34.9 Å². The Morgan fingerprint density at radius 3 is 1.83 bits per heavy atom. The van der Waals surface area contributed by atoms with Crippen LogP contribution in [-0.4, -0.2) is 48.9 Å². The molecule has 0 heterocycles. The third-order valence-corrected chi connectivity index (χ3v) is 2.94. The number of methoxy groups -OCH3 is 2. The number of esters is 3. The van der Waals surface area contributed by atoms with Gasteiger partial charge in [0.2, 0.25) is 0 Å². The van der Waals surface area contributed by atoms with Gasteiger partial charge in [0, 0.05) is 6.42 Å². The molecule has 24 heavy (non-hydrogen) atoms. The first-order chi connectivity index (χ1) is 11.1. The summed E-state index contributed by atoms with van der Waals surface area (Å²) in [5.41, 5.74) is -0.0986. The van der Waals surface area contributed by atoms with Crippen LogP contribution in [0.25, 0.3) is 0 Å². The van der Waals surface area contributed by atoms with Gasteiger partial charge in [-0.1, -0.05) is 0 Å². The molecule has 1 rings (SSSR count). The Balaban J connectivity index is 3.07. The number of carbonyl (C=O) groups is 3. The van der Waals surface area contributed by atoms with Crippen LogP contribution in [0.2, 0.25) is 0 Å². The van der Waals surface area contributed by atoms with E-state index in [0.29, 0.717) is 5.56 Å². The SMILES string of the molecule is COC(=O)c1cc(CC(O)C(=O)OC(C)(C)C)cc(C(=O)OC)c1. The van der Waals surface area contributed by atoms with E-state index in [2.05, 4.69) is 9.47 Å². The topological polar surface area (TPSA) is 99.1 Å². The molecule has 0 saturated heterocycles. The molecule has 0 amide bonds. The summed E-state index contributed by atoms with van der Waals surface area (Å²) < 4.78 is 14.4. The molecule has 0 fully saturated rings. The van der Waals surface area contributed by atoms with Gasteiger partial charge in [-0.25, -0.2) is 14.4 Å².